The van der Waals surface area contributed by atoms with Crippen LogP contribution in [0.5, 0.6) is 0 Å². The Morgan fingerprint density at radius 2 is 1.68 bits per heavy atom. The van der Waals surface area contributed by atoms with Crippen molar-refractivity contribution in [2.45, 2.75) is 6.54 Å². The van der Waals surface area contributed by atoms with Crippen molar-refractivity contribution in [3.05, 3.63) is 84.1 Å². The van der Waals surface area contributed by atoms with Crippen LogP contribution in [0.1, 0.15) is 16.7 Å². The Morgan fingerprint density at radius 3 is 2.53 bits per heavy atom. The molecule has 94 valence electrons. The van der Waals surface area contributed by atoms with Gasteiger partial charge in [0, 0.05) is 19.3 Å². The van der Waals surface area contributed by atoms with Gasteiger partial charge in [0.15, 0.2) is 0 Å². The van der Waals surface area contributed by atoms with Crippen molar-refractivity contribution < 1.29 is 0 Å². The van der Waals surface area contributed by atoms with Crippen LogP contribution in [0.4, 0.5) is 0 Å². The average Bonchev–Trinajstić information content (AvgIpc) is 2.60. The fourth-order valence-corrected chi connectivity index (χ4v) is 2.46. The predicted molar refractivity (Wildman–Crippen MR) is 81.4 cm³/mol. The minimum absolute atomic E-state index is 0.877. The molecule has 2 aromatic carbocycles. The van der Waals surface area contributed by atoms with E-state index in [1.807, 2.05) is 0 Å². The molecule has 0 aromatic heterocycles. The third-order valence-electron chi connectivity index (χ3n) is 3.43. The van der Waals surface area contributed by atoms with E-state index in [1.54, 1.807) is 0 Å². The van der Waals surface area contributed by atoms with Crippen LogP contribution in [0.3, 0.4) is 0 Å². The van der Waals surface area contributed by atoms with Crippen molar-refractivity contribution in [1.29, 1.82) is 0 Å². The van der Waals surface area contributed by atoms with E-state index in [2.05, 4.69) is 78.4 Å². The normalized spacial score (nSPS) is 14.1. The van der Waals surface area contributed by atoms with Crippen LogP contribution in [-0.2, 0) is 6.54 Å². The molecule has 1 heterocycles. The zero-order valence-corrected chi connectivity index (χ0v) is 10.9. The highest BCUT2D eigenvalue weighted by atomic mass is 15.1. The molecule has 0 saturated heterocycles. The van der Waals surface area contributed by atoms with Gasteiger partial charge in [0.1, 0.15) is 0 Å². The fourth-order valence-electron chi connectivity index (χ4n) is 2.46. The monoisotopic (exact) mass is 247 g/mol. The van der Waals surface area contributed by atoms with Crippen molar-refractivity contribution in [2.24, 2.45) is 0 Å². The molecule has 1 aliphatic heterocycles. The number of hydrogen-bond acceptors (Lipinski definition) is 1. The quantitative estimate of drug-likeness (QED) is 0.769. The number of hydrogen-bond donors (Lipinski definition) is 0. The first kappa shape index (κ1) is 11.8. The summed E-state index contributed by atoms with van der Waals surface area (Å²) in [6.07, 6.45) is 4.35. The van der Waals surface area contributed by atoms with Crippen LogP contribution < -0.4 is 0 Å². The minimum atomic E-state index is 0.877. The number of benzene rings is 2. The maximum atomic E-state index is 4.23. The van der Waals surface area contributed by atoms with Gasteiger partial charge in [0.2, 0.25) is 0 Å². The molecular weight excluding hydrogens is 230 g/mol. The molecule has 19 heavy (non-hydrogen) atoms. The van der Waals surface area contributed by atoms with E-state index >= 15 is 0 Å². The number of fused-ring (bicyclic) bond motifs is 1. The molecule has 2 aromatic rings. The summed E-state index contributed by atoms with van der Waals surface area (Å²) in [6, 6.07) is 19.0. The number of nitrogens with zero attached hydrogens (tertiary/aromatic N) is 1. The molecule has 0 saturated carbocycles. The number of rotatable bonds is 2. The molecule has 0 fully saturated rings. The molecule has 0 unspecified atom stereocenters. The van der Waals surface area contributed by atoms with Crippen LogP contribution in [0.25, 0.3) is 11.6 Å². The van der Waals surface area contributed by atoms with Gasteiger partial charge in [-0.15, -0.1) is 0 Å². The minimum Gasteiger partial charge on any atom is -0.369 e. The lowest BCUT2D eigenvalue weighted by Gasteiger charge is -2.20. The van der Waals surface area contributed by atoms with Crippen molar-refractivity contribution in [1.82, 2.24) is 4.90 Å². The summed E-state index contributed by atoms with van der Waals surface area (Å²) in [4.78, 5) is 2.30. The average molecular weight is 247 g/mol. The van der Waals surface area contributed by atoms with Gasteiger partial charge in [0.25, 0.3) is 0 Å². The van der Waals surface area contributed by atoms with Gasteiger partial charge < -0.3 is 4.90 Å². The van der Waals surface area contributed by atoms with Crippen LogP contribution in [0.15, 0.2) is 67.4 Å². The van der Waals surface area contributed by atoms with E-state index in [0.29, 0.717) is 0 Å². The first-order valence-electron chi connectivity index (χ1n) is 6.56. The summed E-state index contributed by atoms with van der Waals surface area (Å²) in [6.45, 7) is 6.02. The summed E-state index contributed by atoms with van der Waals surface area (Å²) in [7, 11) is 0. The Kier molecular flexibility index (Phi) is 3.20. The Hall–Kier alpha value is -2.28. The second kappa shape index (κ2) is 5.15. The highest BCUT2D eigenvalue weighted by molar-refractivity contribution is 5.75. The molecule has 0 amide bonds. The molecule has 0 aliphatic carbocycles. The van der Waals surface area contributed by atoms with Crippen LogP contribution in [-0.4, -0.2) is 11.4 Å². The molecule has 0 radical (unpaired) electrons. The first-order valence-corrected chi connectivity index (χ1v) is 6.56. The molecule has 1 aliphatic rings. The molecule has 0 N–H and O–H groups in total. The summed E-state index contributed by atoms with van der Waals surface area (Å²) in [5.41, 5.74) is 5.01. The van der Waals surface area contributed by atoms with Gasteiger partial charge in [-0.3, -0.25) is 0 Å². The smallest absolute Gasteiger partial charge is 0.0428 e. The molecule has 3 rings (SSSR count). The second-order valence-electron chi connectivity index (χ2n) is 4.90. The molecule has 0 spiro atoms. The summed E-state index contributed by atoms with van der Waals surface area (Å²) in [5, 5.41) is 0. The fraction of sp³-hybridized carbons (Fsp3) is 0.111. The molecular formula is C18H17N. The van der Waals surface area contributed by atoms with Crippen LogP contribution in [0, 0.1) is 0 Å². The predicted octanol–water partition coefficient (Wildman–Crippen LogP) is 4.19. The van der Waals surface area contributed by atoms with Crippen molar-refractivity contribution in [3.8, 4) is 0 Å². The Balaban J connectivity index is 1.83. The van der Waals surface area contributed by atoms with Crippen molar-refractivity contribution in [3.63, 3.8) is 0 Å². The lowest BCUT2D eigenvalue weighted by Crippen LogP contribution is -2.17. The van der Waals surface area contributed by atoms with Gasteiger partial charge in [-0.25, -0.2) is 0 Å². The van der Waals surface area contributed by atoms with E-state index in [4.69, 9.17) is 0 Å². The highest BCUT2D eigenvalue weighted by Gasteiger charge is 2.11. The second-order valence-corrected chi connectivity index (χ2v) is 4.90. The maximum Gasteiger partial charge on any atom is 0.0428 e. The van der Waals surface area contributed by atoms with Gasteiger partial charge in [-0.1, -0.05) is 61.2 Å². The zero-order chi connectivity index (χ0) is 13.1. The van der Waals surface area contributed by atoms with Gasteiger partial charge in [0.05, 0.1) is 0 Å². The third-order valence-corrected chi connectivity index (χ3v) is 3.43. The topological polar surface area (TPSA) is 3.24 Å². The standard InChI is InChI=1S/C18H17N/c1-15-13-19(14-16-7-3-2-4-8-16)12-11-17-9-5-6-10-18(15)17/h2-12H,1,13-14H2. The Bertz CT molecular complexity index is 611. The van der Waals surface area contributed by atoms with Gasteiger partial charge >= 0.3 is 0 Å². The van der Waals surface area contributed by atoms with Gasteiger partial charge in [-0.2, -0.15) is 0 Å². The third kappa shape index (κ3) is 2.60. The summed E-state index contributed by atoms with van der Waals surface area (Å²) < 4.78 is 0. The Labute approximate surface area is 114 Å². The lowest BCUT2D eigenvalue weighted by molar-refractivity contribution is 0.419. The van der Waals surface area contributed by atoms with E-state index in [-0.39, 0.29) is 0 Å². The van der Waals surface area contributed by atoms with Crippen molar-refractivity contribution in [2.75, 3.05) is 6.54 Å². The highest BCUT2D eigenvalue weighted by Crippen LogP contribution is 2.24. The largest absolute Gasteiger partial charge is 0.369 e. The molecule has 1 heteroatoms. The first-order chi connectivity index (χ1) is 9.33. The van der Waals surface area contributed by atoms with E-state index in [0.717, 1.165) is 13.1 Å². The van der Waals surface area contributed by atoms with Crippen LogP contribution >= 0.6 is 0 Å². The Morgan fingerprint density at radius 1 is 0.947 bits per heavy atom. The van der Waals surface area contributed by atoms with E-state index in [1.165, 1.54) is 22.3 Å². The van der Waals surface area contributed by atoms with Gasteiger partial charge in [-0.05, 0) is 28.3 Å². The summed E-state index contributed by atoms with van der Waals surface area (Å²) in [5.74, 6) is 0. The maximum absolute atomic E-state index is 4.23. The SMILES string of the molecule is C=C1CN(Cc2ccccc2)C=Cc2ccccc21. The van der Waals surface area contributed by atoms with E-state index in [9.17, 15) is 0 Å². The summed E-state index contributed by atoms with van der Waals surface area (Å²) >= 11 is 0. The zero-order valence-electron chi connectivity index (χ0n) is 10.9. The molecule has 0 atom stereocenters. The molecule has 0 bridgehead atoms. The van der Waals surface area contributed by atoms with Crippen molar-refractivity contribution >= 4 is 11.6 Å². The lowest BCUT2D eigenvalue weighted by atomic mass is 10.0. The van der Waals surface area contributed by atoms with E-state index < -0.39 is 0 Å². The van der Waals surface area contributed by atoms with Crippen LogP contribution in [0.2, 0.25) is 0 Å². The molecule has 1 nitrogen and oxygen atoms in total.